The van der Waals surface area contributed by atoms with Gasteiger partial charge in [-0.15, -0.1) is 0 Å². The monoisotopic (exact) mass is 478 g/mol. The summed E-state index contributed by atoms with van der Waals surface area (Å²) in [6.07, 6.45) is 4.98. The molecule has 0 radical (unpaired) electrons. The van der Waals surface area contributed by atoms with Gasteiger partial charge in [-0.3, -0.25) is 4.79 Å². The first-order valence-electron chi connectivity index (χ1n) is 12.1. The van der Waals surface area contributed by atoms with E-state index in [1.807, 2.05) is 26.8 Å². The Labute approximate surface area is 200 Å². The molecule has 1 aliphatic heterocycles. The minimum absolute atomic E-state index is 0.0326. The molecule has 1 N–H and O–H groups in total. The van der Waals surface area contributed by atoms with Crippen molar-refractivity contribution in [2.75, 3.05) is 32.9 Å². The van der Waals surface area contributed by atoms with Crippen molar-refractivity contribution in [2.45, 2.75) is 58.5 Å². The normalized spacial score (nSPS) is 19.4. The largest absolute Gasteiger partial charge is 0.493 e. The van der Waals surface area contributed by atoms with E-state index >= 15 is 0 Å². The average molecular weight is 479 g/mol. The lowest BCUT2D eigenvalue weighted by Gasteiger charge is -2.33. The van der Waals surface area contributed by atoms with E-state index in [0.29, 0.717) is 56.2 Å². The molecule has 1 aliphatic carbocycles. The molecule has 1 atom stereocenters. The summed E-state index contributed by atoms with van der Waals surface area (Å²) in [6, 6.07) is 4.91. The zero-order valence-corrected chi connectivity index (χ0v) is 20.4. The first-order chi connectivity index (χ1) is 16.2. The summed E-state index contributed by atoms with van der Waals surface area (Å²) in [6.45, 7) is 6.73. The number of nitrogens with one attached hydrogen (secondary N) is 1. The van der Waals surface area contributed by atoms with E-state index in [-0.39, 0.29) is 30.3 Å². The number of benzene rings is 1. The summed E-state index contributed by atoms with van der Waals surface area (Å²) in [5.74, 6) is 0.0966. The Bertz CT molecular complexity index is 889. The topological polar surface area (TPSA) is 67.9 Å². The van der Waals surface area contributed by atoms with Gasteiger partial charge >= 0.3 is 6.09 Å². The van der Waals surface area contributed by atoms with Crippen molar-refractivity contribution in [1.29, 1.82) is 0 Å². The molecule has 0 saturated carbocycles. The maximum atomic E-state index is 14.8. The Hall–Kier alpha value is -2.64. The third kappa shape index (κ3) is 7.43. The maximum Gasteiger partial charge on any atom is 0.410 e. The number of halogens is 2. The van der Waals surface area contributed by atoms with E-state index in [4.69, 9.17) is 9.47 Å². The number of hydrogen-bond donors (Lipinski definition) is 1. The highest BCUT2D eigenvalue weighted by atomic mass is 19.1. The molecule has 6 nitrogen and oxygen atoms in total. The molecule has 2 amide bonds. The Kier molecular flexibility index (Phi) is 8.91. The molecule has 1 unspecified atom stereocenters. The Morgan fingerprint density at radius 3 is 2.50 bits per heavy atom. The highest BCUT2D eigenvalue weighted by Gasteiger charge is 2.27. The number of carbonyl (C=O) groups excluding carboxylic acids is 2. The minimum atomic E-state index is -0.579. The summed E-state index contributed by atoms with van der Waals surface area (Å²) in [5.41, 5.74) is 0.904. The number of allylic oxidation sites excluding steroid dienone is 2. The molecule has 188 valence electrons. The van der Waals surface area contributed by atoms with Crippen molar-refractivity contribution in [3.63, 3.8) is 0 Å². The van der Waals surface area contributed by atoms with E-state index in [0.717, 1.165) is 18.4 Å². The molecule has 1 fully saturated rings. The molecule has 1 saturated heterocycles. The van der Waals surface area contributed by atoms with Crippen LogP contribution in [-0.4, -0.2) is 55.4 Å². The Morgan fingerprint density at radius 1 is 1.18 bits per heavy atom. The molecule has 0 bridgehead atoms. The summed E-state index contributed by atoms with van der Waals surface area (Å²) < 4.78 is 38.3. The predicted molar refractivity (Wildman–Crippen MR) is 127 cm³/mol. The number of likely N-dealkylation sites (tertiary alicyclic amines) is 1. The van der Waals surface area contributed by atoms with Gasteiger partial charge in [-0.25, -0.2) is 13.6 Å². The number of piperidine rings is 1. The molecule has 1 aromatic carbocycles. The van der Waals surface area contributed by atoms with Gasteiger partial charge in [0.25, 0.3) is 0 Å². The molecule has 3 rings (SSSR count). The standard InChI is InChI=1S/C26H36F2N2O4/c1-26(2,3)34-25(32)30-14-10-18(11-15-30)17-33-21-8-9-22(23(28)16-21)19-4-6-20(7-5-19)24(31)29-13-12-27/h4,8-9,16,18,20H,5-7,10-15,17H2,1-3H3,(H,29,31). The molecule has 1 heterocycles. The Balaban J connectivity index is 1.47. The number of hydrogen-bond acceptors (Lipinski definition) is 4. The van der Waals surface area contributed by atoms with Crippen molar-refractivity contribution in [2.24, 2.45) is 11.8 Å². The molecule has 34 heavy (non-hydrogen) atoms. The fraction of sp³-hybridized carbons (Fsp3) is 0.615. The van der Waals surface area contributed by atoms with Gasteiger partial charge in [0.2, 0.25) is 5.91 Å². The third-order valence-electron chi connectivity index (χ3n) is 6.21. The van der Waals surface area contributed by atoms with Crippen LogP contribution >= 0.6 is 0 Å². The molecule has 0 aromatic heterocycles. The number of nitrogens with zero attached hydrogens (tertiary/aromatic N) is 1. The van der Waals surface area contributed by atoms with Gasteiger partial charge < -0.3 is 19.7 Å². The van der Waals surface area contributed by atoms with Crippen molar-refractivity contribution in [3.8, 4) is 5.75 Å². The van der Waals surface area contributed by atoms with Crippen LogP contribution in [0.1, 0.15) is 58.4 Å². The fourth-order valence-corrected chi connectivity index (χ4v) is 4.30. The van der Waals surface area contributed by atoms with Crippen LogP contribution in [0.25, 0.3) is 5.57 Å². The fourth-order valence-electron chi connectivity index (χ4n) is 4.30. The van der Waals surface area contributed by atoms with Crippen molar-refractivity contribution >= 4 is 17.6 Å². The van der Waals surface area contributed by atoms with Crippen LogP contribution in [0.4, 0.5) is 13.6 Å². The van der Waals surface area contributed by atoms with Crippen molar-refractivity contribution in [1.82, 2.24) is 10.2 Å². The Morgan fingerprint density at radius 2 is 1.91 bits per heavy atom. The van der Waals surface area contributed by atoms with Gasteiger partial charge in [-0.2, -0.15) is 0 Å². The van der Waals surface area contributed by atoms with Gasteiger partial charge in [0.15, 0.2) is 0 Å². The summed E-state index contributed by atoms with van der Waals surface area (Å²) >= 11 is 0. The zero-order valence-electron chi connectivity index (χ0n) is 20.4. The smallest absolute Gasteiger partial charge is 0.410 e. The molecule has 0 spiro atoms. The van der Waals surface area contributed by atoms with Crippen LogP contribution < -0.4 is 10.1 Å². The molecular formula is C26H36F2N2O4. The van der Waals surface area contributed by atoms with Gasteiger partial charge in [-0.1, -0.05) is 6.08 Å². The number of carbonyl (C=O) groups is 2. The first-order valence-corrected chi connectivity index (χ1v) is 12.1. The summed E-state index contributed by atoms with van der Waals surface area (Å²) in [7, 11) is 0. The third-order valence-corrected chi connectivity index (χ3v) is 6.21. The van der Waals surface area contributed by atoms with Gasteiger partial charge in [-0.05, 0) is 76.5 Å². The lowest BCUT2D eigenvalue weighted by atomic mass is 9.86. The molecule has 8 heteroatoms. The molecule has 2 aliphatic rings. The van der Waals surface area contributed by atoms with Crippen LogP contribution in [0.3, 0.4) is 0 Å². The van der Waals surface area contributed by atoms with Crippen LogP contribution in [-0.2, 0) is 9.53 Å². The van der Waals surface area contributed by atoms with Gasteiger partial charge in [0.1, 0.15) is 23.8 Å². The van der Waals surface area contributed by atoms with Gasteiger partial charge in [0, 0.05) is 37.2 Å². The zero-order chi connectivity index (χ0) is 24.7. The van der Waals surface area contributed by atoms with Crippen LogP contribution in [0.2, 0.25) is 0 Å². The van der Waals surface area contributed by atoms with E-state index in [2.05, 4.69) is 5.32 Å². The maximum absolute atomic E-state index is 14.8. The number of alkyl halides is 1. The van der Waals surface area contributed by atoms with Crippen LogP contribution in [0, 0.1) is 17.7 Å². The molecule has 1 aromatic rings. The van der Waals surface area contributed by atoms with E-state index in [1.165, 1.54) is 6.07 Å². The van der Waals surface area contributed by atoms with Crippen LogP contribution in [0.5, 0.6) is 5.75 Å². The van der Waals surface area contributed by atoms with E-state index < -0.39 is 12.3 Å². The quantitative estimate of drug-likeness (QED) is 0.591. The minimum Gasteiger partial charge on any atom is -0.493 e. The lowest BCUT2D eigenvalue weighted by molar-refractivity contribution is -0.125. The van der Waals surface area contributed by atoms with Crippen LogP contribution in [0.15, 0.2) is 24.3 Å². The summed E-state index contributed by atoms with van der Waals surface area (Å²) in [5, 5.41) is 2.57. The average Bonchev–Trinajstić information content (AvgIpc) is 2.80. The number of amides is 2. The second kappa shape index (κ2) is 11.7. The lowest BCUT2D eigenvalue weighted by Crippen LogP contribution is -2.42. The SMILES string of the molecule is CC(C)(C)OC(=O)N1CCC(COc2ccc(C3=CCC(C(=O)NCCF)CC3)c(F)c2)CC1. The number of rotatable bonds is 7. The van der Waals surface area contributed by atoms with Crippen molar-refractivity contribution in [3.05, 3.63) is 35.7 Å². The highest BCUT2D eigenvalue weighted by Crippen LogP contribution is 2.33. The predicted octanol–water partition coefficient (Wildman–Crippen LogP) is 5.12. The first kappa shape index (κ1) is 26.0. The highest BCUT2D eigenvalue weighted by molar-refractivity contribution is 5.80. The summed E-state index contributed by atoms with van der Waals surface area (Å²) in [4.78, 5) is 25.9. The number of ether oxygens (including phenoxy) is 2. The van der Waals surface area contributed by atoms with E-state index in [1.54, 1.807) is 17.0 Å². The second-order valence-electron chi connectivity index (χ2n) is 10.0. The van der Waals surface area contributed by atoms with E-state index in [9.17, 15) is 18.4 Å². The molecular weight excluding hydrogens is 442 g/mol. The van der Waals surface area contributed by atoms with Gasteiger partial charge in [0.05, 0.1) is 6.61 Å². The van der Waals surface area contributed by atoms with Crippen molar-refractivity contribution < 1.29 is 27.8 Å². The second-order valence-corrected chi connectivity index (χ2v) is 10.0.